The Morgan fingerprint density at radius 1 is 1.19 bits per heavy atom. The van der Waals surface area contributed by atoms with Crippen molar-refractivity contribution in [3.63, 3.8) is 0 Å². The number of nitrogens with zero attached hydrogens (tertiary/aromatic N) is 4. The molecule has 0 amide bonds. The number of hydrogen-bond donors (Lipinski definition) is 0. The van der Waals surface area contributed by atoms with Crippen molar-refractivity contribution in [3.8, 4) is 5.00 Å². The summed E-state index contributed by atoms with van der Waals surface area (Å²) >= 11 is 8.54. The highest BCUT2D eigenvalue weighted by molar-refractivity contribution is 7.15. The first-order chi connectivity index (χ1) is 13.1. The molecule has 1 saturated carbocycles. The molecule has 0 unspecified atom stereocenters. The fourth-order valence-corrected chi connectivity index (χ4v) is 6.31. The summed E-state index contributed by atoms with van der Waals surface area (Å²) in [4.78, 5) is 6.82. The Labute approximate surface area is 166 Å². The Kier molecular flexibility index (Phi) is 3.14. The molecule has 0 radical (unpaired) electrons. The summed E-state index contributed by atoms with van der Waals surface area (Å²) in [5.74, 6) is 2.63. The first kappa shape index (κ1) is 16.0. The van der Waals surface area contributed by atoms with E-state index in [1.54, 1.807) is 0 Å². The highest BCUT2D eigenvalue weighted by atomic mass is 35.5. The molecule has 2 aliphatic carbocycles. The van der Waals surface area contributed by atoms with Crippen LogP contribution in [-0.2, 0) is 18.4 Å². The molecule has 6 heteroatoms. The highest BCUT2D eigenvalue weighted by Crippen LogP contribution is 2.54. The lowest BCUT2D eigenvalue weighted by molar-refractivity contribution is 0.629. The Morgan fingerprint density at radius 2 is 2.00 bits per heavy atom. The summed E-state index contributed by atoms with van der Waals surface area (Å²) in [7, 11) is 0. The molecule has 0 saturated heterocycles. The summed E-state index contributed by atoms with van der Waals surface area (Å²) in [6.45, 7) is 4.38. The molecule has 3 heterocycles. The predicted octanol–water partition coefficient (Wildman–Crippen LogP) is 4.87. The number of fused-ring (bicyclic) bond motifs is 6. The maximum atomic E-state index is 6.64. The van der Waals surface area contributed by atoms with Crippen LogP contribution in [0, 0.1) is 12.8 Å². The van der Waals surface area contributed by atoms with Crippen LogP contribution < -0.4 is 0 Å². The topological polar surface area (TPSA) is 43.1 Å². The van der Waals surface area contributed by atoms with Gasteiger partial charge >= 0.3 is 0 Å². The number of hydrogen-bond acceptors (Lipinski definition) is 4. The van der Waals surface area contributed by atoms with Crippen molar-refractivity contribution in [2.75, 3.05) is 0 Å². The molecular weight excluding hydrogens is 376 g/mol. The van der Waals surface area contributed by atoms with Crippen molar-refractivity contribution >= 4 is 28.6 Å². The molecule has 1 fully saturated rings. The molecule has 136 valence electrons. The summed E-state index contributed by atoms with van der Waals surface area (Å²) in [5.41, 5.74) is 4.55. The van der Waals surface area contributed by atoms with Gasteiger partial charge in [0.1, 0.15) is 16.4 Å². The Bertz CT molecular complexity index is 1140. The number of aromatic nitrogens is 3. The molecule has 3 aromatic rings. The van der Waals surface area contributed by atoms with Crippen LogP contribution in [-0.4, -0.2) is 20.5 Å². The normalized spacial score (nSPS) is 21.4. The van der Waals surface area contributed by atoms with Crippen LogP contribution >= 0.6 is 22.9 Å². The standard InChI is InChI=1S/C21H19ClN4S/c1-11-9-14-16(10-11)27-19-17(14)18(13-5-3-4-6-15(13)22)23-21(7-8-21)20-25-24-12(2)26(19)20/h3-6,11H,7-10H2,1-2H3/t11-/m0/s1. The minimum absolute atomic E-state index is 0.244. The number of thiophene rings is 1. The second-order valence-electron chi connectivity index (χ2n) is 8.08. The quantitative estimate of drug-likeness (QED) is 0.591. The van der Waals surface area contributed by atoms with Crippen LogP contribution in [0.5, 0.6) is 0 Å². The van der Waals surface area contributed by atoms with E-state index in [4.69, 9.17) is 16.6 Å². The van der Waals surface area contributed by atoms with Crippen LogP contribution in [0.4, 0.5) is 0 Å². The zero-order chi connectivity index (χ0) is 18.3. The van der Waals surface area contributed by atoms with Gasteiger partial charge in [0.15, 0.2) is 5.82 Å². The number of aliphatic imine (C=N–C) groups is 1. The highest BCUT2D eigenvalue weighted by Gasteiger charge is 2.52. The van der Waals surface area contributed by atoms with Gasteiger partial charge in [-0.3, -0.25) is 9.56 Å². The molecule has 1 aliphatic heterocycles. The van der Waals surface area contributed by atoms with E-state index in [1.807, 2.05) is 30.4 Å². The lowest BCUT2D eigenvalue weighted by Gasteiger charge is -2.12. The van der Waals surface area contributed by atoms with E-state index in [0.29, 0.717) is 5.92 Å². The van der Waals surface area contributed by atoms with E-state index in [-0.39, 0.29) is 5.54 Å². The molecule has 0 bridgehead atoms. The maximum absolute atomic E-state index is 6.64. The van der Waals surface area contributed by atoms with E-state index >= 15 is 0 Å². The predicted molar refractivity (Wildman–Crippen MR) is 109 cm³/mol. The van der Waals surface area contributed by atoms with Gasteiger partial charge in [0, 0.05) is 21.0 Å². The molecule has 3 aliphatic rings. The molecule has 1 spiro atoms. The van der Waals surface area contributed by atoms with Gasteiger partial charge in [-0.25, -0.2) is 0 Å². The smallest absolute Gasteiger partial charge is 0.166 e. The summed E-state index contributed by atoms with van der Waals surface area (Å²) < 4.78 is 2.27. The monoisotopic (exact) mass is 394 g/mol. The fourth-order valence-electron chi connectivity index (χ4n) is 4.55. The van der Waals surface area contributed by atoms with Gasteiger partial charge in [-0.15, -0.1) is 21.5 Å². The Hall–Kier alpha value is -1.98. The van der Waals surface area contributed by atoms with Crippen molar-refractivity contribution in [2.45, 2.75) is 45.1 Å². The van der Waals surface area contributed by atoms with E-state index < -0.39 is 0 Å². The molecule has 0 N–H and O–H groups in total. The number of halogens is 1. The summed E-state index contributed by atoms with van der Waals surface area (Å²) in [6.07, 6.45) is 4.29. The molecule has 4 nitrogen and oxygen atoms in total. The van der Waals surface area contributed by atoms with Crippen molar-refractivity contribution in [1.82, 2.24) is 14.8 Å². The fraction of sp³-hybridized carbons (Fsp3) is 0.381. The van der Waals surface area contributed by atoms with Gasteiger partial charge < -0.3 is 0 Å². The molecule has 27 heavy (non-hydrogen) atoms. The molecule has 2 aromatic heterocycles. The number of rotatable bonds is 1. The van der Waals surface area contributed by atoms with E-state index in [9.17, 15) is 0 Å². The van der Waals surface area contributed by atoms with Gasteiger partial charge in [-0.2, -0.15) is 0 Å². The Balaban J connectivity index is 1.72. The van der Waals surface area contributed by atoms with Gasteiger partial charge in [-0.1, -0.05) is 36.7 Å². The van der Waals surface area contributed by atoms with Gasteiger partial charge in [0.05, 0.1) is 5.71 Å². The van der Waals surface area contributed by atoms with Crippen LogP contribution in [0.25, 0.3) is 5.00 Å². The van der Waals surface area contributed by atoms with Crippen LogP contribution in [0.15, 0.2) is 29.3 Å². The van der Waals surface area contributed by atoms with Crippen molar-refractivity contribution in [3.05, 3.63) is 62.5 Å². The third kappa shape index (κ3) is 2.13. The first-order valence-electron chi connectivity index (χ1n) is 9.50. The number of aryl methyl sites for hydroxylation is 1. The lowest BCUT2D eigenvalue weighted by atomic mass is 9.98. The van der Waals surface area contributed by atoms with Crippen LogP contribution in [0.1, 0.15) is 53.0 Å². The van der Waals surface area contributed by atoms with Crippen molar-refractivity contribution < 1.29 is 0 Å². The summed E-state index contributed by atoms with van der Waals surface area (Å²) in [5, 5.41) is 11.0. The number of benzene rings is 1. The Morgan fingerprint density at radius 3 is 2.78 bits per heavy atom. The third-order valence-corrected chi connectivity index (χ3v) is 7.59. The maximum Gasteiger partial charge on any atom is 0.166 e. The first-order valence-corrected chi connectivity index (χ1v) is 10.7. The van der Waals surface area contributed by atoms with E-state index in [2.05, 4.69) is 33.8 Å². The SMILES string of the molecule is Cc1nnc2n1-c1sc3c(c1C(c1ccccc1Cl)=NC21CC1)C[C@H](C)C3. The molecule has 1 aromatic carbocycles. The average Bonchev–Trinajstić information content (AvgIpc) is 3.04. The zero-order valence-electron chi connectivity index (χ0n) is 15.3. The molecule has 6 rings (SSSR count). The van der Waals surface area contributed by atoms with Gasteiger partial charge in [0.2, 0.25) is 0 Å². The van der Waals surface area contributed by atoms with Crippen molar-refractivity contribution in [2.24, 2.45) is 10.9 Å². The minimum Gasteiger partial charge on any atom is -0.271 e. The largest absolute Gasteiger partial charge is 0.271 e. The minimum atomic E-state index is -0.244. The third-order valence-electron chi connectivity index (χ3n) is 6.02. The van der Waals surface area contributed by atoms with Crippen LogP contribution in [0.3, 0.4) is 0 Å². The van der Waals surface area contributed by atoms with Crippen molar-refractivity contribution in [1.29, 1.82) is 0 Å². The van der Waals surface area contributed by atoms with Gasteiger partial charge in [0.25, 0.3) is 0 Å². The molecular formula is C21H19ClN4S. The van der Waals surface area contributed by atoms with Gasteiger partial charge in [-0.05, 0) is 50.2 Å². The second-order valence-corrected chi connectivity index (χ2v) is 9.57. The zero-order valence-corrected chi connectivity index (χ0v) is 16.9. The average molecular weight is 395 g/mol. The molecule has 1 atom stereocenters. The summed E-state index contributed by atoms with van der Waals surface area (Å²) in [6, 6.07) is 8.09. The van der Waals surface area contributed by atoms with Crippen LogP contribution in [0.2, 0.25) is 5.02 Å². The second kappa shape index (κ2) is 5.30. The van der Waals surface area contributed by atoms with E-state index in [1.165, 1.54) is 21.0 Å². The van der Waals surface area contributed by atoms with E-state index in [0.717, 1.165) is 53.6 Å². The lowest BCUT2D eigenvalue weighted by Crippen LogP contribution is -2.12.